The maximum absolute atomic E-state index is 10.4. The molecule has 0 spiro atoms. The smallest absolute Gasteiger partial charge is 0.167 e. The van der Waals surface area contributed by atoms with Crippen LogP contribution in [-0.4, -0.2) is 11.1 Å². The molecule has 4 heteroatoms. The fourth-order valence-corrected chi connectivity index (χ4v) is 1.03. The highest BCUT2D eigenvalue weighted by atomic mass is 16.5. The van der Waals surface area contributed by atoms with Crippen molar-refractivity contribution in [2.45, 2.75) is 0 Å². The van der Waals surface area contributed by atoms with Gasteiger partial charge in [0.15, 0.2) is 5.58 Å². The molecule has 2 rings (SSSR count). The van der Waals surface area contributed by atoms with E-state index >= 15 is 0 Å². The number of aromatic nitrogens is 1. The van der Waals surface area contributed by atoms with E-state index in [0.29, 0.717) is 11.0 Å². The number of carboxylic acids is 1. The highest BCUT2D eigenvalue weighted by molar-refractivity contribution is 5.98. The molecule has 60 valence electrons. The van der Waals surface area contributed by atoms with Gasteiger partial charge in [-0.15, -0.1) is 0 Å². The minimum atomic E-state index is -1.32. The van der Waals surface area contributed by atoms with Crippen LogP contribution in [0.5, 0.6) is 0 Å². The minimum absolute atomic E-state index is 0.148. The number of fused-ring (bicyclic) bond motifs is 1. The summed E-state index contributed by atoms with van der Waals surface area (Å²) in [6, 6.07) is 6.73. The molecule has 1 aromatic heterocycles. The number of benzene rings is 1. The van der Waals surface area contributed by atoms with Crippen molar-refractivity contribution >= 4 is 16.9 Å². The van der Waals surface area contributed by atoms with E-state index in [9.17, 15) is 9.90 Å². The van der Waals surface area contributed by atoms with Gasteiger partial charge in [-0.1, -0.05) is 17.3 Å². The van der Waals surface area contributed by atoms with Crippen LogP contribution in [0.15, 0.2) is 28.8 Å². The molecule has 0 amide bonds. The lowest BCUT2D eigenvalue weighted by atomic mass is 10.2. The maximum atomic E-state index is 10.4. The highest BCUT2D eigenvalue weighted by Crippen LogP contribution is 2.16. The zero-order valence-corrected chi connectivity index (χ0v) is 5.98. The predicted octanol–water partition coefficient (Wildman–Crippen LogP) is 0.191. The Morgan fingerprint density at radius 3 is 2.92 bits per heavy atom. The average molecular weight is 162 g/mol. The van der Waals surface area contributed by atoms with Crippen LogP contribution in [0.2, 0.25) is 0 Å². The summed E-state index contributed by atoms with van der Waals surface area (Å²) in [4.78, 5) is 10.4. The molecule has 0 fully saturated rings. The zero-order valence-electron chi connectivity index (χ0n) is 5.98. The van der Waals surface area contributed by atoms with Crippen molar-refractivity contribution in [1.82, 2.24) is 5.16 Å². The molecule has 0 saturated heterocycles. The van der Waals surface area contributed by atoms with Gasteiger partial charge in [0.25, 0.3) is 0 Å². The van der Waals surface area contributed by atoms with Gasteiger partial charge in [-0.2, -0.15) is 0 Å². The number of aromatic carboxylic acids is 1. The van der Waals surface area contributed by atoms with Gasteiger partial charge in [0.1, 0.15) is 5.69 Å². The first kappa shape index (κ1) is 6.84. The molecule has 2 aromatic rings. The lowest BCUT2D eigenvalue weighted by Crippen LogP contribution is -2.22. The average Bonchev–Trinajstić information content (AvgIpc) is 2.47. The van der Waals surface area contributed by atoms with Crippen molar-refractivity contribution < 1.29 is 14.4 Å². The third kappa shape index (κ3) is 0.852. The Kier molecular flexibility index (Phi) is 1.33. The van der Waals surface area contributed by atoms with E-state index in [1.807, 2.05) is 0 Å². The first-order valence-electron chi connectivity index (χ1n) is 3.35. The number of carbonyl (C=O) groups excluding carboxylic acids is 1. The van der Waals surface area contributed by atoms with Crippen LogP contribution in [-0.2, 0) is 0 Å². The third-order valence-electron chi connectivity index (χ3n) is 1.57. The van der Waals surface area contributed by atoms with E-state index in [1.54, 1.807) is 24.3 Å². The Labute approximate surface area is 67.4 Å². The summed E-state index contributed by atoms with van der Waals surface area (Å²) in [6.07, 6.45) is 0. The van der Waals surface area contributed by atoms with Crippen molar-refractivity contribution in [2.75, 3.05) is 0 Å². The van der Waals surface area contributed by atoms with Crippen molar-refractivity contribution in [2.24, 2.45) is 0 Å². The van der Waals surface area contributed by atoms with Gasteiger partial charge >= 0.3 is 0 Å². The third-order valence-corrected chi connectivity index (χ3v) is 1.57. The molecule has 0 N–H and O–H groups in total. The van der Waals surface area contributed by atoms with E-state index in [2.05, 4.69) is 5.16 Å². The lowest BCUT2D eigenvalue weighted by Gasteiger charge is -1.93. The van der Waals surface area contributed by atoms with Crippen molar-refractivity contribution in [1.29, 1.82) is 0 Å². The van der Waals surface area contributed by atoms with Crippen molar-refractivity contribution in [3.63, 3.8) is 0 Å². The van der Waals surface area contributed by atoms with E-state index in [0.717, 1.165) is 0 Å². The number of rotatable bonds is 1. The quantitative estimate of drug-likeness (QED) is 0.600. The van der Waals surface area contributed by atoms with Crippen LogP contribution < -0.4 is 5.11 Å². The molecule has 1 heterocycles. The van der Waals surface area contributed by atoms with Crippen LogP contribution in [0, 0.1) is 0 Å². The molecule has 0 aliphatic carbocycles. The van der Waals surface area contributed by atoms with Gasteiger partial charge in [-0.3, -0.25) is 0 Å². The summed E-state index contributed by atoms with van der Waals surface area (Å²) in [6.45, 7) is 0. The van der Waals surface area contributed by atoms with Gasteiger partial charge < -0.3 is 14.4 Å². The van der Waals surface area contributed by atoms with E-state index in [4.69, 9.17) is 4.52 Å². The summed E-state index contributed by atoms with van der Waals surface area (Å²) in [7, 11) is 0. The number of hydrogen-bond acceptors (Lipinski definition) is 4. The molecule has 0 bridgehead atoms. The topological polar surface area (TPSA) is 66.2 Å². The number of nitrogens with zero attached hydrogens (tertiary/aromatic N) is 1. The Hall–Kier alpha value is -1.84. The molecule has 0 saturated carbocycles. The Morgan fingerprint density at radius 2 is 2.17 bits per heavy atom. The normalized spacial score (nSPS) is 10.3. The van der Waals surface area contributed by atoms with Crippen LogP contribution >= 0.6 is 0 Å². The molecule has 0 atom stereocenters. The number of carbonyl (C=O) groups is 1. The second-order valence-corrected chi connectivity index (χ2v) is 2.31. The molecule has 0 unspecified atom stereocenters. The van der Waals surface area contributed by atoms with Crippen molar-refractivity contribution in [3.8, 4) is 0 Å². The lowest BCUT2D eigenvalue weighted by molar-refractivity contribution is -0.255. The molecule has 1 aromatic carbocycles. The maximum Gasteiger partial charge on any atom is 0.167 e. The first-order valence-corrected chi connectivity index (χ1v) is 3.35. The van der Waals surface area contributed by atoms with Gasteiger partial charge in [0.05, 0.1) is 11.4 Å². The van der Waals surface area contributed by atoms with Crippen LogP contribution in [0.25, 0.3) is 11.0 Å². The summed E-state index contributed by atoms with van der Waals surface area (Å²) in [5, 5.41) is 14.3. The molecule has 4 nitrogen and oxygen atoms in total. The van der Waals surface area contributed by atoms with Crippen LogP contribution in [0.4, 0.5) is 0 Å². The van der Waals surface area contributed by atoms with Gasteiger partial charge in [0.2, 0.25) is 0 Å². The second-order valence-electron chi connectivity index (χ2n) is 2.31. The second kappa shape index (κ2) is 2.34. The monoisotopic (exact) mass is 162 g/mol. The fraction of sp³-hybridized carbons (Fsp3) is 0. The Balaban J connectivity index is 2.79. The Bertz CT molecular complexity index is 433. The molecule has 12 heavy (non-hydrogen) atoms. The van der Waals surface area contributed by atoms with E-state index in [-0.39, 0.29) is 5.69 Å². The molecule has 0 radical (unpaired) electrons. The first-order chi connectivity index (χ1) is 5.79. The predicted molar refractivity (Wildman–Crippen MR) is 38.3 cm³/mol. The van der Waals surface area contributed by atoms with Gasteiger partial charge in [0, 0.05) is 0 Å². The summed E-state index contributed by atoms with van der Waals surface area (Å²) in [5.41, 5.74) is 0.308. The summed E-state index contributed by atoms with van der Waals surface area (Å²) < 4.78 is 4.74. The molecule has 0 aliphatic rings. The number of hydrogen-bond donors (Lipinski definition) is 0. The minimum Gasteiger partial charge on any atom is -0.543 e. The van der Waals surface area contributed by atoms with Crippen LogP contribution in [0.1, 0.15) is 10.5 Å². The largest absolute Gasteiger partial charge is 0.543 e. The van der Waals surface area contributed by atoms with Gasteiger partial charge in [-0.25, -0.2) is 0 Å². The molecular formula is C8H4NO3-. The summed E-state index contributed by atoms with van der Waals surface area (Å²) in [5.74, 6) is -1.32. The van der Waals surface area contributed by atoms with E-state index < -0.39 is 5.97 Å². The molecule has 0 aliphatic heterocycles. The Morgan fingerprint density at radius 1 is 1.42 bits per heavy atom. The zero-order chi connectivity index (χ0) is 8.55. The summed E-state index contributed by atoms with van der Waals surface area (Å²) >= 11 is 0. The number of carboxylic acid groups (broad SMARTS) is 1. The van der Waals surface area contributed by atoms with E-state index in [1.165, 1.54) is 0 Å². The van der Waals surface area contributed by atoms with Crippen LogP contribution in [0.3, 0.4) is 0 Å². The van der Waals surface area contributed by atoms with Gasteiger partial charge in [-0.05, 0) is 12.1 Å². The highest BCUT2D eigenvalue weighted by Gasteiger charge is 2.06. The van der Waals surface area contributed by atoms with Crippen molar-refractivity contribution in [3.05, 3.63) is 30.0 Å². The standard InChI is InChI=1S/C8H5NO3/c10-8(11)7-5-3-1-2-4-6(5)12-9-7/h1-4H,(H,10,11)/p-1. The molecular weight excluding hydrogens is 158 g/mol. The number of para-hydroxylation sites is 1. The SMILES string of the molecule is O=C([O-])c1noc2ccccc12. The fourth-order valence-electron chi connectivity index (χ4n) is 1.03.